The summed E-state index contributed by atoms with van der Waals surface area (Å²) in [6.45, 7) is 5.78. The molecule has 1 aromatic rings. The summed E-state index contributed by atoms with van der Waals surface area (Å²) in [5.41, 5.74) is 1.59. The molecule has 0 bridgehead atoms. The molecular formula is C21H29N3O2. The van der Waals surface area contributed by atoms with Crippen LogP contribution in [0.5, 0.6) is 0 Å². The Bertz CT molecular complexity index is 655. The molecule has 1 atom stereocenters. The molecule has 1 heterocycles. The van der Waals surface area contributed by atoms with Crippen molar-refractivity contribution >= 4 is 5.91 Å². The fourth-order valence-corrected chi connectivity index (χ4v) is 4.13. The van der Waals surface area contributed by atoms with Crippen molar-refractivity contribution in [1.29, 1.82) is 5.26 Å². The van der Waals surface area contributed by atoms with E-state index in [-0.39, 0.29) is 11.9 Å². The maximum absolute atomic E-state index is 12.9. The lowest BCUT2D eigenvalue weighted by molar-refractivity contribution is -0.130. The Balaban J connectivity index is 1.73. The predicted molar refractivity (Wildman–Crippen MR) is 100 cm³/mol. The van der Waals surface area contributed by atoms with Gasteiger partial charge in [0.05, 0.1) is 25.3 Å². The maximum atomic E-state index is 12.9. The Hall–Kier alpha value is -1.90. The van der Waals surface area contributed by atoms with Crippen molar-refractivity contribution in [3.63, 3.8) is 0 Å². The molecule has 0 aromatic heterocycles. The van der Waals surface area contributed by atoms with Crippen LogP contribution in [0.2, 0.25) is 0 Å². The minimum Gasteiger partial charge on any atom is -0.379 e. The van der Waals surface area contributed by atoms with Gasteiger partial charge in [0.15, 0.2) is 0 Å². The van der Waals surface area contributed by atoms with Gasteiger partial charge in [0.1, 0.15) is 5.41 Å². The van der Waals surface area contributed by atoms with Gasteiger partial charge in [-0.3, -0.25) is 9.69 Å². The highest BCUT2D eigenvalue weighted by Crippen LogP contribution is 2.36. The van der Waals surface area contributed by atoms with Gasteiger partial charge in [0, 0.05) is 19.6 Å². The third-order valence-electron chi connectivity index (χ3n) is 5.73. The average Bonchev–Trinajstić information content (AvgIpc) is 2.69. The summed E-state index contributed by atoms with van der Waals surface area (Å²) in [4.78, 5) is 15.2. The molecule has 0 spiro atoms. The van der Waals surface area contributed by atoms with Crippen molar-refractivity contribution in [2.45, 2.75) is 45.1 Å². The molecule has 1 amide bonds. The topological polar surface area (TPSA) is 65.4 Å². The number of nitrogens with zero attached hydrogens (tertiary/aromatic N) is 2. The molecule has 0 radical (unpaired) electrons. The molecule has 1 saturated carbocycles. The summed E-state index contributed by atoms with van der Waals surface area (Å²) in [6, 6.07) is 10.9. The van der Waals surface area contributed by atoms with Gasteiger partial charge in [-0.2, -0.15) is 5.26 Å². The Morgan fingerprint density at radius 2 is 2.04 bits per heavy atom. The number of carbonyl (C=O) groups excluding carboxylic acids is 1. The summed E-state index contributed by atoms with van der Waals surface area (Å²) in [5.74, 6) is -0.0920. The number of nitriles is 1. The van der Waals surface area contributed by atoms with E-state index in [1.807, 2.05) is 0 Å². The van der Waals surface area contributed by atoms with Gasteiger partial charge in [0.2, 0.25) is 5.91 Å². The van der Waals surface area contributed by atoms with Crippen molar-refractivity contribution in [3.05, 3.63) is 35.4 Å². The number of nitrogens with one attached hydrogen (secondary N) is 1. The quantitative estimate of drug-likeness (QED) is 0.882. The van der Waals surface area contributed by atoms with Crippen LogP contribution in [-0.2, 0) is 9.53 Å². The molecule has 2 fully saturated rings. The molecule has 1 aliphatic carbocycles. The predicted octanol–water partition coefficient (Wildman–Crippen LogP) is 2.96. The average molecular weight is 355 g/mol. The molecule has 5 heteroatoms. The number of amides is 1. The van der Waals surface area contributed by atoms with Crippen LogP contribution in [0.3, 0.4) is 0 Å². The summed E-state index contributed by atoms with van der Waals surface area (Å²) in [5, 5.41) is 12.8. The molecule has 1 unspecified atom stereocenters. The molecule has 2 aliphatic rings. The fraction of sp³-hybridized carbons (Fsp3) is 0.619. The molecule has 1 aromatic carbocycles. The van der Waals surface area contributed by atoms with Crippen molar-refractivity contribution in [3.8, 4) is 6.07 Å². The second kappa shape index (κ2) is 8.66. The van der Waals surface area contributed by atoms with Gasteiger partial charge < -0.3 is 10.1 Å². The maximum Gasteiger partial charge on any atom is 0.240 e. The van der Waals surface area contributed by atoms with E-state index < -0.39 is 5.41 Å². The first-order chi connectivity index (χ1) is 12.6. The minimum absolute atomic E-state index is 0.0920. The fourth-order valence-electron chi connectivity index (χ4n) is 4.13. The highest BCUT2D eigenvalue weighted by Gasteiger charge is 2.40. The largest absolute Gasteiger partial charge is 0.379 e. The lowest BCUT2D eigenvalue weighted by Crippen LogP contribution is -2.47. The van der Waals surface area contributed by atoms with Gasteiger partial charge >= 0.3 is 0 Å². The number of hydrogen-bond donors (Lipinski definition) is 1. The number of aryl methyl sites for hydroxylation is 1. The molecule has 1 saturated heterocycles. The molecule has 1 aliphatic heterocycles. The highest BCUT2D eigenvalue weighted by atomic mass is 16.5. The van der Waals surface area contributed by atoms with Gasteiger partial charge in [-0.15, -0.1) is 0 Å². The van der Waals surface area contributed by atoms with Crippen LogP contribution in [0.15, 0.2) is 24.3 Å². The van der Waals surface area contributed by atoms with E-state index in [9.17, 15) is 10.1 Å². The Kier molecular flexibility index (Phi) is 6.29. The van der Waals surface area contributed by atoms with E-state index in [2.05, 4.69) is 47.5 Å². The van der Waals surface area contributed by atoms with E-state index in [1.54, 1.807) is 0 Å². The van der Waals surface area contributed by atoms with Crippen LogP contribution in [0.25, 0.3) is 0 Å². The summed E-state index contributed by atoms with van der Waals surface area (Å²) >= 11 is 0. The third-order valence-corrected chi connectivity index (χ3v) is 5.73. The SMILES string of the molecule is Cc1cccc(C(CNC(=O)C2(C#N)CCCCC2)N2CCOCC2)c1. The van der Waals surface area contributed by atoms with Gasteiger partial charge in [0.25, 0.3) is 0 Å². The standard InChI is InChI=1S/C21H29N3O2/c1-17-6-5-7-18(14-17)19(24-10-12-26-13-11-24)15-23-20(25)21(16-22)8-3-2-4-9-21/h5-7,14,19H,2-4,8-13,15H2,1H3,(H,23,25). The first kappa shape index (κ1) is 18.9. The Morgan fingerprint density at radius 3 is 2.69 bits per heavy atom. The van der Waals surface area contributed by atoms with Gasteiger partial charge in [-0.1, -0.05) is 49.1 Å². The van der Waals surface area contributed by atoms with Crippen LogP contribution < -0.4 is 5.32 Å². The van der Waals surface area contributed by atoms with E-state index in [4.69, 9.17) is 4.74 Å². The van der Waals surface area contributed by atoms with Crippen LogP contribution >= 0.6 is 0 Å². The van der Waals surface area contributed by atoms with Crippen LogP contribution in [-0.4, -0.2) is 43.7 Å². The molecule has 5 nitrogen and oxygen atoms in total. The molecular weight excluding hydrogens is 326 g/mol. The molecule has 140 valence electrons. The zero-order valence-electron chi connectivity index (χ0n) is 15.7. The van der Waals surface area contributed by atoms with Crippen molar-refractivity contribution in [2.24, 2.45) is 5.41 Å². The van der Waals surface area contributed by atoms with Crippen molar-refractivity contribution < 1.29 is 9.53 Å². The lowest BCUT2D eigenvalue weighted by Gasteiger charge is -2.36. The number of rotatable bonds is 5. The third kappa shape index (κ3) is 4.25. The Morgan fingerprint density at radius 1 is 1.31 bits per heavy atom. The first-order valence-electron chi connectivity index (χ1n) is 9.72. The number of benzene rings is 1. The van der Waals surface area contributed by atoms with Crippen molar-refractivity contribution in [1.82, 2.24) is 10.2 Å². The minimum atomic E-state index is -0.833. The van der Waals surface area contributed by atoms with Gasteiger partial charge in [-0.25, -0.2) is 0 Å². The summed E-state index contributed by atoms with van der Waals surface area (Å²) < 4.78 is 5.49. The van der Waals surface area contributed by atoms with Crippen LogP contribution in [0.4, 0.5) is 0 Å². The van der Waals surface area contributed by atoms with E-state index >= 15 is 0 Å². The summed E-state index contributed by atoms with van der Waals surface area (Å²) in [7, 11) is 0. The summed E-state index contributed by atoms with van der Waals surface area (Å²) in [6.07, 6.45) is 4.41. The monoisotopic (exact) mass is 355 g/mol. The number of carbonyl (C=O) groups is 1. The number of ether oxygens (including phenoxy) is 1. The first-order valence-corrected chi connectivity index (χ1v) is 9.72. The Labute approximate surface area is 156 Å². The van der Waals surface area contributed by atoms with Gasteiger partial charge in [-0.05, 0) is 25.3 Å². The van der Waals surface area contributed by atoms with Crippen molar-refractivity contribution in [2.75, 3.05) is 32.8 Å². The molecule has 1 N–H and O–H groups in total. The second-order valence-electron chi connectivity index (χ2n) is 7.54. The van der Waals surface area contributed by atoms with Crippen LogP contribution in [0, 0.1) is 23.7 Å². The lowest BCUT2D eigenvalue weighted by atomic mass is 9.74. The zero-order chi connectivity index (χ0) is 18.4. The molecule has 26 heavy (non-hydrogen) atoms. The van der Waals surface area contributed by atoms with E-state index in [0.717, 1.165) is 45.6 Å². The zero-order valence-corrected chi connectivity index (χ0v) is 15.7. The van der Waals surface area contributed by atoms with E-state index in [1.165, 1.54) is 11.1 Å². The smallest absolute Gasteiger partial charge is 0.240 e. The second-order valence-corrected chi connectivity index (χ2v) is 7.54. The molecule has 3 rings (SSSR count). The van der Waals surface area contributed by atoms with Crippen LogP contribution in [0.1, 0.15) is 49.3 Å². The highest BCUT2D eigenvalue weighted by molar-refractivity contribution is 5.85. The van der Waals surface area contributed by atoms with E-state index in [0.29, 0.717) is 19.4 Å². The number of hydrogen-bond acceptors (Lipinski definition) is 4. The normalized spacial score (nSPS) is 21.5. The number of morpholine rings is 1.